The quantitative estimate of drug-likeness (QED) is 0.752. The van der Waals surface area contributed by atoms with Gasteiger partial charge in [-0.25, -0.2) is 0 Å². The molecular formula is C21H22F3N3O3. The highest BCUT2D eigenvalue weighted by Gasteiger charge is 2.31. The van der Waals surface area contributed by atoms with Gasteiger partial charge in [0.15, 0.2) is 0 Å². The Hall–Kier alpha value is -2.91. The zero-order valence-corrected chi connectivity index (χ0v) is 16.2. The van der Waals surface area contributed by atoms with Crippen LogP contribution in [0.1, 0.15) is 26.3 Å². The first-order valence-electron chi connectivity index (χ1n) is 9.50. The first-order valence-corrected chi connectivity index (χ1v) is 9.50. The van der Waals surface area contributed by atoms with Crippen molar-refractivity contribution in [1.82, 2.24) is 10.2 Å². The fraction of sp³-hybridized carbons (Fsp3) is 0.333. The second kappa shape index (κ2) is 9.73. The van der Waals surface area contributed by atoms with Crippen LogP contribution in [0.25, 0.3) is 0 Å². The van der Waals surface area contributed by atoms with E-state index in [1.807, 2.05) is 0 Å². The van der Waals surface area contributed by atoms with Gasteiger partial charge in [-0.3, -0.25) is 14.5 Å². The van der Waals surface area contributed by atoms with Crippen LogP contribution in [-0.2, 0) is 10.9 Å². The Morgan fingerprint density at radius 1 is 1.00 bits per heavy atom. The predicted molar refractivity (Wildman–Crippen MR) is 105 cm³/mol. The Balaban J connectivity index is 1.64. The van der Waals surface area contributed by atoms with Crippen molar-refractivity contribution in [3.05, 3.63) is 65.2 Å². The molecule has 3 rings (SSSR count). The molecule has 0 unspecified atom stereocenters. The summed E-state index contributed by atoms with van der Waals surface area (Å²) >= 11 is 0. The fourth-order valence-corrected chi connectivity index (χ4v) is 3.07. The first-order chi connectivity index (χ1) is 14.3. The standard InChI is InChI=1S/C21H22F3N3O3/c22-21(23,24)16-5-3-4-15(14-16)19(28)26-18-7-2-1-6-17(18)20(29)25-8-9-27-10-12-30-13-11-27/h1-7,14H,8-13H2,(H,25,29)(H,26,28). The van der Waals surface area contributed by atoms with Gasteiger partial charge in [-0.05, 0) is 30.3 Å². The topological polar surface area (TPSA) is 70.7 Å². The minimum absolute atomic E-state index is 0.146. The monoisotopic (exact) mass is 421 g/mol. The molecule has 160 valence electrons. The molecule has 0 atom stereocenters. The predicted octanol–water partition coefficient (Wildman–Crippen LogP) is 3.02. The molecule has 0 saturated carbocycles. The lowest BCUT2D eigenvalue weighted by Gasteiger charge is -2.26. The third-order valence-electron chi connectivity index (χ3n) is 4.69. The van der Waals surface area contributed by atoms with Crippen LogP contribution in [-0.4, -0.2) is 56.1 Å². The van der Waals surface area contributed by atoms with Crippen LogP contribution in [0.4, 0.5) is 18.9 Å². The molecule has 1 saturated heterocycles. The molecule has 1 aliphatic rings. The smallest absolute Gasteiger partial charge is 0.379 e. The zero-order valence-electron chi connectivity index (χ0n) is 16.2. The number of amides is 2. The van der Waals surface area contributed by atoms with Gasteiger partial charge in [0.25, 0.3) is 11.8 Å². The third kappa shape index (κ3) is 5.80. The highest BCUT2D eigenvalue weighted by Crippen LogP contribution is 2.29. The van der Waals surface area contributed by atoms with E-state index in [-0.39, 0.29) is 22.7 Å². The molecule has 0 spiro atoms. The van der Waals surface area contributed by atoms with Crippen molar-refractivity contribution in [2.24, 2.45) is 0 Å². The fourth-order valence-electron chi connectivity index (χ4n) is 3.07. The Morgan fingerprint density at radius 3 is 2.47 bits per heavy atom. The molecule has 0 bridgehead atoms. The number of carbonyl (C=O) groups excluding carboxylic acids is 2. The SMILES string of the molecule is O=C(Nc1ccccc1C(=O)NCCN1CCOCC1)c1cccc(C(F)(F)F)c1. The Bertz CT molecular complexity index is 896. The van der Waals surface area contributed by atoms with Crippen LogP contribution >= 0.6 is 0 Å². The maximum Gasteiger partial charge on any atom is 0.416 e. The summed E-state index contributed by atoms with van der Waals surface area (Å²) in [6, 6.07) is 10.5. The van der Waals surface area contributed by atoms with E-state index >= 15 is 0 Å². The molecule has 2 aromatic rings. The molecule has 1 aliphatic heterocycles. The molecule has 1 heterocycles. The van der Waals surface area contributed by atoms with E-state index in [2.05, 4.69) is 15.5 Å². The van der Waals surface area contributed by atoms with Crippen molar-refractivity contribution < 1.29 is 27.5 Å². The number of rotatable bonds is 6. The van der Waals surface area contributed by atoms with Crippen molar-refractivity contribution >= 4 is 17.5 Å². The summed E-state index contributed by atoms with van der Waals surface area (Å²) in [6.07, 6.45) is -4.55. The molecule has 9 heteroatoms. The summed E-state index contributed by atoms with van der Waals surface area (Å²) in [7, 11) is 0. The average Bonchev–Trinajstić information content (AvgIpc) is 2.74. The van der Waals surface area contributed by atoms with Gasteiger partial charge in [0.05, 0.1) is 30.0 Å². The van der Waals surface area contributed by atoms with E-state index in [0.717, 1.165) is 25.2 Å². The summed E-state index contributed by atoms with van der Waals surface area (Å²) in [4.78, 5) is 27.2. The number of alkyl halides is 3. The van der Waals surface area contributed by atoms with Crippen molar-refractivity contribution in [3.63, 3.8) is 0 Å². The number of morpholine rings is 1. The maximum absolute atomic E-state index is 12.9. The number of nitrogens with zero attached hydrogens (tertiary/aromatic N) is 1. The highest BCUT2D eigenvalue weighted by atomic mass is 19.4. The number of halogens is 3. The highest BCUT2D eigenvalue weighted by molar-refractivity contribution is 6.09. The lowest BCUT2D eigenvalue weighted by Crippen LogP contribution is -2.41. The van der Waals surface area contributed by atoms with Crippen LogP contribution in [0.5, 0.6) is 0 Å². The largest absolute Gasteiger partial charge is 0.416 e. The molecule has 30 heavy (non-hydrogen) atoms. The number of ether oxygens (including phenoxy) is 1. The van der Waals surface area contributed by atoms with Crippen LogP contribution in [0.2, 0.25) is 0 Å². The second-order valence-electron chi connectivity index (χ2n) is 6.79. The molecule has 6 nitrogen and oxygen atoms in total. The summed E-state index contributed by atoms with van der Waals surface area (Å²) in [5, 5.41) is 5.34. The molecule has 0 radical (unpaired) electrons. The number of carbonyl (C=O) groups is 2. The molecule has 1 fully saturated rings. The molecule has 0 aliphatic carbocycles. The molecule has 2 aromatic carbocycles. The van der Waals surface area contributed by atoms with E-state index in [1.165, 1.54) is 18.2 Å². The summed E-state index contributed by atoms with van der Waals surface area (Å²) in [6.45, 7) is 4.04. The zero-order chi connectivity index (χ0) is 21.6. The van der Waals surface area contributed by atoms with Gasteiger partial charge < -0.3 is 15.4 Å². The van der Waals surface area contributed by atoms with Crippen molar-refractivity contribution in [1.29, 1.82) is 0 Å². The Morgan fingerprint density at radius 2 is 1.73 bits per heavy atom. The van der Waals surface area contributed by atoms with E-state index in [9.17, 15) is 22.8 Å². The van der Waals surface area contributed by atoms with E-state index in [0.29, 0.717) is 26.3 Å². The van der Waals surface area contributed by atoms with Gasteiger partial charge in [-0.2, -0.15) is 13.2 Å². The summed E-state index contributed by atoms with van der Waals surface area (Å²) in [5.41, 5.74) is -0.597. The lowest BCUT2D eigenvalue weighted by molar-refractivity contribution is -0.137. The number of hydrogen-bond donors (Lipinski definition) is 2. The van der Waals surface area contributed by atoms with Gasteiger partial charge in [0.2, 0.25) is 0 Å². The van der Waals surface area contributed by atoms with Crippen LogP contribution in [0, 0.1) is 0 Å². The Kier molecular flexibility index (Phi) is 7.07. The molecular weight excluding hydrogens is 399 g/mol. The van der Waals surface area contributed by atoms with E-state index in [1.54, 1.807) is 18.2 Å². The number of hydrogen-bond acceptors (Lipinski definition) is 4. The number of benzene rings is 2. The lowest BCUT2D eigenvalue weighted by atomic mass is 10.1. The number of para-hydroxylation sites is 1. The van der Waals surface area contributed by atoms with Crippen molar-refractivity contribution in [2.45, 2.75) is 6.18 Å². The van der Waals surface area contributed by atoms with Gasteiger partial charge in [0, 0.05) is 31.7 Å². The summed E-state index contributed by atoms with van der Waals surface area (Å²) in [5.74, 6) is -1.10. The number of anilines is 1. The van der Waals surface area contributed by atoms with Crippen LogP contribution in [0.3, 0.4) is 0 Å². The van der Waals surface area contributed by atoms with Gasteiger partial charge in [-0.1, -0.05) is 18.2 Å². The average molecular weight is 421 g/mol. The van der Waals surface area contributed by atoms with Crippen molar-refractivity contribution in [2.75, 3.05) is 44.7 Å². The van der Waals surface area contributed by atoms with Gasteiger partial charge >= 0.3 is 6.18 Å². The molecule has 2 N–H and O–H groups in total. The van der Waals surface area contributed by atoms with Gasteiger partial charge in [0.1, 0.15) is 0 Å². The third-order valence-corrected chi connectivity index (χ3v) is 4.69. The van der Waals surface area contributed by atoms with E-state index < -0.39 is 17.6 Å². The van der Waals surface area contributed by atoms with E-state index in [4.69, 9.17) is 4.74 Å². The van der Waals surface area contributed by atoms with Crippen LogP contribution in [0.15, 0.2) is 48.5 Å². The summed E-state index contributed by atoms with van der Waals surface area (Å²) < 4.78 is 43.9. The second-order valence-corrected chi connectivity index (χ2v) is 6.79. The van der Waals surface area contributed by atoms with Gasteiger partial charge in [-0.15, -0.1) is 0 Å². The minimum Gasteiger partial charge on any atom is -0.379 e. The maximum atomic E-state index is 12.9. The molecule has 2 amide bonds. The van der Waals surface area contributed by atoms with Crippen molar-refractivity contribution in [3.8, 4) is 0 Å². The Labute approximate surface area is 172 Å². The van der Waals surface area contributed by atoms with Crippen LogP contribution < -0.4 is 10.6 Å². The molecule has 0 aromatic heterocycles. The first kappa shape index (κ1) is 21.8. The normalized spacial score (nSPS) is 14.9. The minimum atomic E-state index is -4.55. The number of nitrogens with one attached hydrogen (secondary N) is 2.